The lowest BCUT2D eigenvalue weighted by atomic mass is 9.85. The van der Waals surface area contributed by atoms with Gasteiger partial charge in [-0.3, -0.25) is 14.4 Å². The molecule has 21 heavy (non-hydrogen) atoms. The van der Waals surface area contributed by atoms with Gasteiger partial charge in [0.25, 0.3) is 0 Å². The first-order valence-electron chi connectivity index (χ1n) is 6.86. The molecule has 0 aromatic rings. The number of carboxylic acid groups (broad SMARTS) is 1. The second-order valence-corrected chi connectivity index (χ2v) is 5.52. The van der Waals surface area contributed by atoms with E-state index in [1.807, 2.05) is 0 Å². The maximum atomic E-state index is 12.3. The lowest BCUT2D eigenvalue weighted by Gasteiger charge is -2.27. The average molecular weight is 303 g/mol. The van der Waals surface area contributed by atoms with Crippen LogP contribution in [0.25, 0.3) is 0 Å². The molecule has 7 heteroatoms. The first-order chi connectivity index (χ1) is 9.71. The van der Waals surface area contributed by atoms with Crippen LogP contribution < -0.4 is 0 Å². The molecule has 0 atom stereocenters. The summed E-state index contributed by atoms with van der Waals surface area (Å²) >= 11 is 0. The zero-order valence-electron chi connectivity index (χ0n) is 13.2. The van der Waals surface area contributed by atoms with Gasteiger partial charge in [-0.2, -0.15) is 0 Å². The first kappa shape index (κ1) is 19.4. The summed E-state index contributed by atoms with van der Waals surface area (Å²) in [6, 6.07) is 0. The molecule has 122 valence electrons. The van der Waals surface area contributed by atoms with Crippen molar-refractivity contribution in [1.82, 2.24) is 4.90 Å². The Bertz CT molecular complexity index is 366. The highest BCUT2D eigenvalue weighted by molar-refractivity contribution is 5.83. The van der Waals surface area contributed by atoms with Crippen molar-refractivity contribution in [2.24, 2.45) is 5.41 Å². The molecule has 0 aliphatic heterocycles. The Kier molecular flexibility index (Phi) is 8.61. The monoisotopic (exact) mass is 303 g/mol. The van der Waals surface area contributed by atoms with E-state index < -0.39 is 17.4 Å². The minimum atomic E-state index is -0.957. The topological polar surface area (TPSA) is 93.1 Å². The van der Waals surface area contributed by atoms with E-state index >= 15 is 0 Å². The predicted octanol–water partition coefficient (Wildman–Crippen LogP) is 0.916. The number of ether oxygens (including phenoxy) is 2. The van der Waals surface area contributed by atoms with Gasteiger partial charge < -0.3 is 19.5 Å². The number of carbonyl (C=O) groups excluding carboxylic acids is 2. The third kappa shape index (κ3) is 9.01. The summed E-state index contributed by atoms with van der Waals surface area (Å²) in [5.74, 6) is -1.73. The second kappa shape index (κ2) is 9.33. The molecular weight excluding hydrogens is 278 g/mol. The Morgan fingerprint density at radius 3 is 2.29 bits per heavy atom. The molecular formula is C14H25NO6. The van der Waals surface area contributed by atoms with Crippen LogP contribution in [0.4, 0.5) is 0 Å². The number of hydrogen-bond acceptors (Lipinski definition) is 5. The Labute approximate surface area is 125 Å². The fourth-order valence-electron chi connectivity index (χ4n) is 1.85. The zero-order valence-corrected chi connectivity index (χ0v) is 13.2. The van der Waals surface area contributed by atoms with Gasteiger partial charge in [-0.1, -0.05) is 13.8 Å². The van der Waals surface area contributed by atoms with Crippen LogP contribution in [-0.4, -0.2) is 61.3 Å². The summed E-state index contributed by atoms with van der Waals surface area (Å²) in [5, 5.41) is 8.84. The van der Waals surface area contributed by atoms with Crippen LogP contribution in [0.2, 0.25) is 0 Å². The molecule has 0 radical (unpaired) electrons. The normalized spacial score (nSPS) is 11.0. The van der Waals surface area contributed by atoms with E-state index in [1.165, 1.54) is 12.0 Å². The Morgan fingerprint density at radius 1 is 1.19 bits per heavy atom. The van der Waals surface area contributed by atoms with Crippen molar-refractivity contribution in [3.8, 4) is 0 Å². The average Bonchev–Trinajstić information content (AvgIpc) is 2.32. The molecule has 0 rings (SSSR count). The largest absolute Gasteiger partial charge is 0.481 e. The summed E-state index contributed by atoms with van der Waals surface area (Å²) in [6.07, 6.45) is -0.0708. The standard InChI is InChI=1S/C14H25NO6/c1-5-21-13(19)10-15(6-7-20-4)11(16)8-14(2,3)9-12(17)18/h5-10H2,1-4H3,(H,17,18). The van der Waals surface area contributed by atoms with Crippen LogP contribution in [0.15, 0.2) is 0 Å². The number of rotatable bonds is 10. The summed E-state index contributed by atoms with van der Waals surface area (Å²) in [7, 11) is 1.50. The molecule has 7 nitrogen and oxygen atoms in total. The zero-order chi connectivity index (χ0) is 16.5. The van der Waals surface area contributed by atoms with Gasteiger partial charge in [-0.15, -0.1) is 0 Å². The number of esters is 1. The highest BCUT2D eigenvalue weighted by Gasteiger charge is 2.28. The maximum Gasteiger partial charge on any atom is 0.325 e. The lowest BCUT2D eigenvalue weighted by molar-refractivity contribution is -0.150. The molecule has 0 aromatic heterocycles. The number of carbonyl (C=O) groups is 3. The van der Waals surface area contributed by atoms with Crippen LogP contribution in [0.5, 0.6) is 0 Å². The van der Waals surface area contributed by atoms with E-state index in [2.05, 4.69) is 0 Å². The number of amides is 1. The smallest absolute Gasteiger partial charge is 0.325 e. The molecule has 0 heterocycles. The number of methoxy groups -OCH3 is 1. The van der Waals surface area contributed by atoms with Crippen molar-refractivity contribution in [3.63, 3.8) is 0 Å². The third-order valence-electron chi connectivity index (χ3n) is 2.80. The molecule has 0 aromatic carbocycles. The number of carboxylic acids is 1. The summed E-state index contributed by atoms with van der Waals surface area (Å²) in [5.41, 5.74) is -0.678. The number of nitrogens with zero attached hydrogens (tertiary/aromatic N) is 1. The minimum absolute atomic E-state index is 0.0441. The summed E-state index contributed by atoms with van der Waals surface area (Å²) < 4.78 is 9.75. The van der Waals surface area contributed by atoms with Gasteiger partial charge in [0.1, 0.15) is 6.54 Å². The Morgan fingerprint density at radius 2 is 1.81 bits per heavy atom. The van der Waals surface area contributed by atoms with Gasteiger partial charge in [-0.25, -0.2) is 0 Å². The van der Waals surface area contributed by atoms with Gasteiger partial charge in [0.15, 0.2) is 0 Å². The molecule has 0 spiro atoms. The van der Waals surface area contributed by atoms with Crippen molar-refractivity contribution in [2.45, 2.75) is 33.6 Å². The van der Waals surface area contributed by atoms with E-state index in [0.717, 1.165) is 0 Å². The Hall–Kier alpha value is -1.63. The minimum Gasteiger partial charge on any atom is -0.481 e. The Balaban J connectivity index is 4.69. The van der Waals surface area contributed by atoms with Crippen LogP contribution in [0.1, 0.15) is 33.6 Å². The molecule has 0 saturated heterocycles. The fourth-order valence-corrected chi connectivity index (χ4v) is 1.85. The molecule has 1 N–H and O–H groups in total. The molecule has 0 bridgehead atoms. The molecule has 0 aliphatic carbocycles. The van der Waals surface area contributed by atoms with E-state index in [1.54, 1.807) is 20.8 Å². The highest BCUT2D eigenvalue weighted by Crippen LogP contribution is 2.25. The van der Waals surface area contributed by atoms with Gasteiger partial charge in [0.05, 0.1) is 19.6 Å². The fraction of sp³-hybridized carbons (Fsp3) is 0.786. The van der Waals surface area contributed by atoms with Crippen LogP contribution in [0, 0.1) is 5.41 Å². The summed E-state index contributed by atoms with van der Waals surface area (Å²) in [6.45, 7) is 5.75. The van der Waals surface area contributed by atoms with Crippen LogP contribution >= 0.6 is 0 Å². The number of hydrogen-bond donors (Lipinski definition) is 1. The number of aliphatic carboxylic acids is 1. The van der Waals surface area contributed by atoms with E-state index in [-0.39, 0.29) is 38.4 Å². The third-order valence-corrected chi connectivity index (χ3v) is 2.80. The molecule has 0 saturated carbocycles. The lowest BCUT2D eigenvalue weighted by Crippen LogP contribution is -2.40. The van der Waals surface area contributed by atoms with Crippen molar-refractivity contribution in [1.29, 1.82) is 0 Å². The second-order valence-electron chi connectivity index (χ2n) is 5.52. The highest BCUT2D eigenvalue weighted by atomic mass is 16.5. The van der Waals surface area contributed by atoms with Crippen molar-refractivity contribution in [3.05, 3.63) is 0 Å². The van der Waals surface area contributed by atoms with Gasteiger partial charge in [0.2, 0.25) is 5.91 Å². The van der Waals surface area contributed by atoms with E-state index in [0.29, 0.717) is 6.61 Å². The molecule has 0 unspecified atom stereocenters. The van der Waals surface area contributed by atoms with E-state index in [4.69, 9.17) is 14.6 Å². The SMILES string of the molecule is CCOC(=O)CN(CCOC)C(=O)CC(C)(C)CC(=O)O. The van der Waals surface area contributed by atoms with Gasteiger partial charge in [-0.05, 0) is 12.3 Å². The van der Waals surface area contributed by atoms with Crippen molar-refractivity contribution < 1.29 is 29.0 Å². The summed E-state index contributed by atoms with van der Waals surface area (Å²) in [4.78, 5) is 35.9. The van der Waals surface area contributed by atoms with Gasteiger partial charge in [0, 0.05) is 20.1 Å². The molecule has 1 amide bonds. The van der Waals surface area contributed by atoms with Crippen LogP contribution in [0.3, 0.4) is 0 Å². The molecule has 0 aliphatic rings. The van der Waals surface area contributed by atoms with Crippen molar-refractivity contribution >= 4 is 17.8 Å². The van der Waals surface area contributed by atoms with Crippen molar-refractivity contribution in [2.75, 3.05) is 33.4 Å². The first-order valence-corrected chi connectivity index (χ1v) is 6.86. The van der Waals surface area contributed by atoms with Gasteiger partial charge >= 0.3 is 11.9 Å². The quantitative estimate of drug-likeness (QED) is 0.603. The molecule has 0 fully saturated rings. The van der Waals surface area contributed by atoms with E-state index in [9.17, 15) is 14.4 Å². The van der Waals surface area contributed by atoms with Crippen LogP contribution in [-0.2, 0) is 23.9 Å². The maximum absolute atomic E-state index is 12.3. The predicted molar refractivity (Wildman–Crippen MR) is 75.7 cm³/mol.